The molecule has 0 aliphatic heterocycles. The first kappa shape index (κ1) is 20.9. The summed E-state index contributed by atoms with van der Waals surface area (Å²) in [6.45, 7) is 2.40. The van der Waals surface area contributed by atoms with Gasteiger partial charge in [-0.2, -0.15) is 4.98 Å². The first-order valence-corrected chi connectivity index (χ1v) is 11.2. The fourth-order valence-corrected chi connectivity index (χ4v) is 4.40. The number of thioether (sulfide) groups is 1. The molecule has 9 heteroatoms. The molecule has 0 saturated carbocycles. The SMILES string of the molecule is CCc1noc(CSc2nc3ccccc3c(=O)n2CCc2ccc(Cl)cc2Cl)n1. The number of aromatic nitrogens is 4. The molecule has 0 bridgehead atoms. The van der Waals surface area contributed by atoms with Crippen molar-refractivity contribution >= 4 is 45.9 Å². The third-order valence-corrected chi connectivity index (χ3v) is 6.15. The second kappa shape index (κ2) is 9.20. The number of nitrogens with zero attached hydrogens (tertiary/aromatic N) is 4. The van der Waals surface area contributed by atoms with Gasteiger partial charge in [0.2, 0.25) is 5.89 Å². The van der Waals surface area contributed by atoms with Gasteiger partial charge in [-0.25, -0.2) is 4.98 Å². The highest BCUT2D eigenvalue weighted by Gasteiger charge is 2.14. The van der Waals surface area contributed by atoms with Crippen molar-refractivity contribution in [2.45, 2.75) is 37.2 Å². The lowest BCUT2D eigenvalue weighted by Gasteiger charge is -2.13. The largest absolute Gasteiger partial charge is 0.338 e. The number of fused-ring (bicyclic) bond motifs is 1. The monoisotopic (exact) mass is 460 g/mol. The predicted octanol–water partition coefficient (Wildman–Crippen LogP) is 5.18. The summed E-state index contributed by atoms with van der Waals surface area (Å²) < 4.78 is 6.94. The van der Waals surface area contributed by atoms with E-state index in [9.17, 15) is 4.79 Å². The molecule has 0 aliphatic carbocycles. The molecule has 0 fully saturated rings. The maximum Gasteiger partial charge on any atom is 0.262 e. The van der Waals surface area contributed by atoms with Gasteiger partial charge in [-0.3, -0.25) is 9.36 Å². The smallest absolute Gasteiger partial charge is 0.262 e. The van der Waals surface area contributed by atoms with Crippen LogP contribution in [0.25, 0.3) is 10.9 Å². The van der Waals surface area contributed by atoms with E-state index in [1.54, 1.807) is 22.8 Å². The van der Waals surface area contributed by atoms with E-state index in [-0.39, 0.29) is 5.56 Å². The number of hydrogen-bond donors (Lipinski definition) is 0. The molecule has 0 saturated heterocycles. The highest BCUT2D eigenvalue weighted by Crippen LogP contribution is 2.24. The van der Waals surface area contributed by atoms with E-state index in [0.29, 0.717) is 63.0 Å². The van der Waals surface area contributed by atoms with Gasteiger partial charge in [0.25, 0.3) is 5.56 Å². The summed E-state index contributed by atoms with van der Waals surface area (Å²) in [5.41, 5.74) is 1.49. The van der Waals surface area contributed by atoms with Gasteiger partial charge >= 0.3 is 0 Å². The Labute approximate surface area is 187 Å². The molecule has 0 amide bonds. The number of rotatable bonds is 7. The minimum atomic E-state index is -0.0898. The Balaban J connectivity index is 1.65. The molecule has 0 spiro atoms. The van der Waals surface area contributed by atoms with Gasteiger partial charge in [0.15, 0.2) is 11.0 Å². The topological polar surface area (TPSA) is 73.8 Å². The van der Waals surface area contributed by atoms with Crippen LogP contribution in [-0.2, 0) is 25.1 Å². The van der Waals surface area contributed by atoms with E-state index >= 15 is 0 Å². The van der Waals surface area contributed by atoms with Crippen molar-refractivity contribution in [3.63, 3.8) is 0 Å². The standard InChI is InChI=1S/C21H18Cl2N4O2S/c1-2-18-25-19(29-26-18)12-30-21-24-17-6-4-3-5-15(17)20(28)27(21)10-9-13-7-8-14(22)11-16(13)23/h3-8,11H,2,9-10,12H2,1H3. The van der Waals surface area contributed by atoms with Crippen molar-refractivity contribution in [3.05, 3.63) is 80.1 Å². The normalized spacial score (nSPS) is 11.3. The number of para-hydroxylation sites is 1. The van der Waals surface area contributed by atoms with Gasteiger partial charge in [-0.05, 0) is 36.2 Å². The molecule has 0 unspecified atom stereocenters. The molecule has 154 valence electrons. The summed E-state index contributed by atoms with van der Waals surface area (Å²) in [6, 6.07) is 12.7. The first-order valence-electron chi connectivity index (χ1n) is 9.43. The number of halogens is 2. The molecule has 0 radical (unpaired) electrons. The summed E-state index contributed by atoms with van der Waals surface area (Å²) in [7, 11) is 0. The van der Waals surface area contributed by atoms with E-state index in [4.69, 9.17) is 32.7 Å². The van der Waals surface area contributed by atoms with Crippen LogP contribution in [-0.4, -0.2) is 19.7 Å². The summed E-state index contributed by atoms with van der Waals surface area (Å²) in [5, 5.41) is 6.25. The molecule has 0 aliphatic rings. The van der Waals surface area contributed by atoms with E-state index in [2.05, 4.69) is 10.1 Å². The molecule has 2 heterocycles. The second-order valence-electron chi connectivity index (χ2n) is 6.60. The minimum absolute atomic E-state index is 0.0898. The van der Waals surface area contributed by atoms with Crippen molar-refractivity contribution in [1.82, 2.24) is 19.7 Å². The molecule has 4 aromatic rings. The van der Waals surface area contributed by atoms with Crippen LogP contribution in [0, 0.1) is 0 Å². The summed E-state index contributed by atoms with van der Waals surface area (Å²) in [6.07, 6.45) is 1.28. The van der Waals surface area contributed by atoms with Crippen LogP contribution in [0.1, 0.15) is 24.2 Å². The van der Waals surface area contributed by atoms with Gasteiger partial charge in [0.1, 0.15) is 0 Å². The first-order chi connectivity index (χ1) is 14.5. The van der Waals surface area contributed by atoms with Crippen LogP contribution < -0.4 is 5.56 Å². The van der Waals surface area contributed by atoms with E-state index in [0.717, 1.165) is 5.56 Å². The van der Waals surface area contributed by atoms with Gasteiger partial charge in [0, 0.05) is 23.0 Å². The van der Waals surface area contributed by atoms with Gasteiger partial charge in [-0.15, -0.1) is 0 Å². The van der Waals surface area contributed by atoms with Crippen LogP contribution in [0.3, 0.4) is 0 Å². The molecular formula is C21H18Cl2N4O2S. The van der Waals surface area contributed by atoms with E-state index in [1.807, 2.05) is 31.2 Å². The third-order valence-electron chi connectivity index (χ3n) is 4.60. The van der Waals surface area contributed by atoms with Gasteiger partial charge in [0.05, 0.1) is 16.7 Å². The highest BCUT2D eigenvalue weighted by molar-refractivity contribution is 7.98. The van der Waals surface area contributed by atoms with Crippen LogP contribution in [0.4, 0.5) is 0 Å². The predicted molar refractivity (Wildman–Crippen MR) is 119 cm³/mol. The Bertz CT molecular complexity index is 1260. The maximum absolute atomic E-state index is 13.2. The molecule has 2 aromatic carbocycles. The summed E-state index contributed by atoms with van der Waals surface area (Å²) in [4.78, 5) is 22.2. The Morgan fingerprint density at radius 3 is 2.73 bits per heavy atom. The highest BCUT2D eigenvalue weighted by atomic mass is 35.5. The third kappa shape index (κ3) is 4.53. The van der Waals surface area contributed by atoms with Crippen LogP contribution in [0.2, 0.25) is 10.0 Å². The summed E-state index contributed by atoms with van der Waals surface area (Å²) in [5.74, 6) is 1.60. The van der Waals surface area contributed by atoms with E-state index in [1.165, 1.54) is 11.8 Å². The average Bonchev–Trinajstić information content (AvgIpc) is 3.21. The van der Waals surface area contributed by atoms with E-state index < -0.39 is 0 Å². The lowest BCUT2D eigenvalue weighted by Crippen LogP contribution is -2.24. The molecule has 0 atom stereocenters. The number of hydrogen-bond acceptors (Lipinski definition) is 6. The Morgan fingerprint density at radius 2 is 1.97 bits per heavy atom. The Morgan fingerprint density at radius 1 is 1.13 bits per heavy atom. The fourth-order valence-electron chi connectivity index (χ4n) is 3.03. The zero-order valence-corrected chi connectivity index (χ0v) is 18.5. The zero-order chi connectivity index (χ0) is 21.1. The minimum Gasteiger partial charge on any atom is -0.338 e. The van der Waals surface area contributed by atoms with Crippen LogP contribution in [0.15, 0.2) is 56.9 Å². The van der Waals surface area contributed by atoms with Gasteiger partial charge in [-0.1, -0.05) is 65.2 Å². The van der Waals surface area contributed by atoms with Crippen LogP contribution in [0.5, 0.6) is 0 Å². The van der Waals surface area contributed by atoms with Crippen molar-refractivity contribution in [2.75, 3.05) is 0 Å². The molecule has 0 N–H and O–H groups in total. The molecule has 6 nitrogen and oxygen atoms in total. The van der Waals surface area contributed by atoms with Crippen molar-refractivity contribution in [1.29, 1.82) is 0 Å². The average molecular weight is 461 g/mol. The maximum atomic E-state index is 13.2. The lowest BCUT2D eigenvalue weighted by atomic mass is 10.1. The summed E-state index contributed by atoms with van der Waals surface area (Å²) >= 11 is 13.7. The molecular weight excluding hydrogens is 443 g/mol. The molecule has 4 rings (SSSR count). The van der Waals surface area contributed by atoms with Crippen LogP contribution >= 0.6 is 35.0 Å². The van der Waals surface area contributed by atoms with Crippen molar-refractivity contribution < 1.29 is 4.52 Å². The molecule has 30 heavy (non-hydrogen) atoms. The quantitative estimate of drug-likeness (QED) is 0.279. The number of benzene rings is 2. The Kier molecular flexibility index (Phi) is 6.41. The lowest BCUT2D eigenvalue weighted by molar-refractivity contribution is 0.385. The van der Waals surface area contributed by atoms with Crippen molar-refractivity contribution in [3.8, 4) is 0 Å². The Hall–Kier alpha value is -2.35. The van der Waals surface area contributed by atoms with Gasteiger partial charge < -0.3 is 4.52 Å². The molecule has 2 aromatic heterocycles. The fraction of sp³-hybridized carbons (Fsp3) is 0.238. The van der Waals surface area contributed by atoms with Crippen molar-refractivity contribution in [2.24, 2.45) is 0 Å². The second-order valence-corrected chi connectivity index (χ2v) is 8.39. The number of aryl methyl sites for hydroxylation is 2. The zero-order valence-electron chi connectivity index (χ0n) is 16.1.